The van der Waals surface area contributed by atoms with Gasteiger partial charge in [-0.1, -0.05) is 18.2 Å². The molecule has 1 aromatic heterocycles. The molecule has 1 aliphatic heterocycles. The van der Waals surface area contributed by atoms with E-state index >= 15 is 0 Å². The predicted octanol–water partition coefficient (Wildman–Crippen LogP) is 1.47. The lowest BCUT2D eigenvalue weighted by molar-refractivity contribution is -0.113. The number of amides is 1. The van der Waals surface area contributed by atoms with Gasteiger partial charge in [-0.3, -0.25) is 36.4 Å². The molecule has 3 aromatic rings. The first-order valence-corrected chi connectivity index (χ1v) is 10.9. The van der Waals surface area contributed by atoms with Gasteiger partial charge in [0.1, 0.15) is 24.7 Å². The number of hydrogen-bond donors (Lipinski definition) is 7. The number of alkyl halides is 1. The zero-order valence-electron chi connectivity index (χ0n) is 17.7. The Morgan fingerprint density at radius 1 is 1.00 bits per heavy atom. The summed E-state index contributed by atoms with van der Waals surface area (Å²) in [7, 11) is 1.89. The molecule has 1 aliphatic rings. The summed E-state index contributed by atoms with van der Waals surface area (Å²) in [5.74, 6) is -0.298. The maximum absolute atomic E-state index is 11.5. The van der Waals surface area contributed by atoms with Crippen molar-refractivity contribution in [3.8, 4) is 0 Å². The van der Waals surface area contributed by atoms with Crippen LogP contribution in [0.4, 0.5) is 11.4 Å². The maximum atomic E-state index is 11.5. The molecular weight excluding hydrogens is 428 g/mol. The van der Waals surface area contributed by atoms with Crippen LogP contribution in [0.2, 0.25) is 0 Å². The average Bonchev–Trinajstić information content (AvgIpc) is 2.82. The zero-order chi connectivity index (χ0) is 22.3. The fraction of sp³-hybridized carbons (Fsp3) is 0.273. The third-order valence-electron chi connectivity index (χ3n) is 5.08. The molecule has 0 radical (unpaired) electrons. The third-order valence-corrected chi connectivity index (χ3v) is 5.33. The molecule has 0 spiro atoms. The summed E-state index contributed by atoms with van der Waals surface area (Å²) < 4.78 is 0. The SMILES string of the molecule is CNC1NC(NCc2cccc(NC(=O)CCl)c2)NC(Nc2ccc3cnccc3c2)N1. The summed E-state index contributed by atoms with van der Waals surface area (Å²) >= 11 is 5.57. The van der Waals surface area contributed by atoms with Crippen LogP contribution in [-0.2, 0) is 11.3 Å². The van der Waals surface area contributed by atoms with Crippen LogP contribution in [0.3, 0.4) is 0 Å². The maximum Gasteiger partial charge on any atom is 0.239 e. The summed E-state index contributed by atoms with van der Waals surface area (Å²) in [5.41, 5.74) is 2.75. The van der Waals surface area contributed by atoms with E-state index in [4.69, 9.17) is 11.6 Å². The normalized spacial score (nSPS) is 20.8. The lowest BCUT2D eigenvalue weighted by Crippen LogP contribution is -2.75. The molecule has 7 N–H and O–H groups in total. The molecule has 32 heavy (non-hydrogen) atoms. The number of pyridine rings is 1. The number of carbonyl (C=O) groups is 1. The smallest absolute Gasteiger partial charge is 0.239 e. The summed E-state index contributed by atoms with van der Waals surface area (Å²) in [6.45, 7) is 0.599. The number of aromatic nitrogens is 1. The molecule has 1 saturated heterocycles. The highest BCUT2D eigenvalue weighted by Crippen LogP contribution is 2.18. The monoisotopic (exact) mass is 454 g/mol. The van der Waals surface area contributed by atoms with Gasteiger partial charge >= 0.3 is 0 Å². The van der Waals surface area contributed by atoms with Crippen molar-refractivity contribution in [2.75, 3.05) is 23.6 Å². The number of nitrogens with one attached hydrogen (secondary N) is 7. The van der Waals surface area contributed by atoms with Crippen molar-refractivity contribution in [1.82, 2.24) is 31.6 Å². The number of fused-ring (bicyclic) bond motifs is 1. The van der Waals surface area contributed by atoms with E-state index in [0.29, 0.717) is 6.54 Å². The lowest BCUT2D eigenvalue weighted by atomic mass is 10.1. The van der Waals surface area contributed by atoms with E-state index in [1.165, 1.54) is 0 Å². The Labute approximate surface area is 191 Å². The van der Waals surface area contributed by atoms with E-state index < -0.39 is 0 Å². The van der Waals surface area contributed by atoms with Gasteiger partial charge in [0.2, 0.25) is 5.91 Å². The van der Waals surface area contributed by atoms with Gasteiger partial charge in [-0.05, 0) is 48.3 Å². The van der Waals surface area contributed by atoms with Gasteiger partial charge in [-0.25, -0.2) is 0 Å². The Morgan fingerprint density at radius 2 is 1.84 bits per heavy atom. The van der Waals surface area contributed by atoms with E-state index in [-0.39, 0.29) is 30.7 Å². The first-order chi connectivity index (χ1) is 15.6. The highest BCUT2D eigenvalue weighted by molar-refractivity contribution is 6.29. The van der Waals surface area contributed by atoms with Gasteiger partial charge in [0.25, 0.3) is 0 Å². The van der Waals surface area contributed by atoms with E-state index in [0.717, 1.165) is 27.7 Å². The Morgan fingerprint density at radius 3 is 2.69 bits per heavy atom. The Bertz CT molecular complexity index is 1060. The average molecular weight is 455 g/mol. The van der Waals surface area contributed by atoms with Crippen LogP contribution in [-0.4, -0.2) is 42.7 Å². The molecule has 3 unspecified atom stereocenters. The highest BCUT2D eigenvalue weighted by atomic mass is 35.5. The molecule has 4 rings (SSSR count). The molecule has 3 atom stereocenters. The van der Waals surface area contributed by atoms with Gasteiger partial charge < -0.3 is 10.6 Å². The van der Waals surface area contributed by atoms with Crippen LogP contribution in [0.1, 0.15) is 5.56 Å². The van der Waals surface area contributed by atoms with Crippen molar-refractivity contribution < 1.29 is 4.79 Å². The molecule has 9 nitrogen and oxygen atoms in total. The number of anilines is 2. The minimum Gasteiger partial charge on any atom is -0.357 e. The predicted molar refractivity (Wildman–Crippen MR) is 128 cm³/mol. The van der Waals surface area contributed by atoms with Crippen molar-refractivity contribution >= 4 is 39.7 Å². The molecule has 1 amide bonds. The van der Waals surface area contributed by atoms with Crippen molar-refractivity contribution in [2.45, 2.75) is 25.4 Å². The molecular formula is C22H27ClN8O. The lowest BCUT2D eigenvalue weighted by Gasteiger charge is -2.39. The van der Waals surface area contributed by atoms with Gasteiger partial charge in [0, 0.05) is 35.7 Å². The first kappa shape index (κ1) is 22.4. The second kappa shape index (κ2) is 10.7. The fourth-order valence-electron chi connectivity index (χ4n) is 3.53. The molecule has 0 aliphatic carbocycles. The van der Waals surface area contributed by atoms with Crippen LogP contribution in [0.15, 0.2) is 60.9 Å². The first-order valence-electron chi connectivity index (χ1n) is 10.4. The number of hydrogen-bond acceptors (Lipinski definition) is 8. The van der Waals surface area contributed by atoms with Crippen molar-refractivity contribution in [2.24, 2.45) is 0 Å². The molecule has 2 aromatic carbocycles. The summed E-state index contributed by atoms with van der Waals surface area (Å²) in [6.07, 6.45) is 3.19. The van der Waals surface area contributed by atoms with Gasteiger partial charge in [-0.15, -0.1) is 11.6 Å². The topological polar surface area (TPSA) is 114 Å². The van der Waals surface area contributed by atoms with E-state index in [1.807, 2.05) is 55.7 Å². The van der Waals surface area contributed by atoms with E-state index in [2.05, 4.69) is 48.3 Å². The summed E-state index contributed by atoms with van der Waals surface area (Å²) in [4.78, 5) is 15.7. The molecule has 1 fully saturated rings. The van der Waals surface area contributed by atoms with Crippen LogP contribution in [0, 0.1) is 0 Å². The highest BCUT2D eigenvalue weighted by Gasteiger charge is 2.25. The number of carbonyl (C=O) groups excluding carboxylic acids is 1. The number of benzene rings is 2. The summed E-state index contributed by atoms with van der Waals surface area (Å²) in [5, 5.41) is 25.4. The number of nitrogens with zero attached hydrogens (tertiary/aromatic N) is 1. The molecule has 10 heteroatoms. The minimum absolute atomic E-state index is 0.0702. The van der Waals surface area contributed by atoms with E-state index in [1.54, 1.807) is 6.20 Å². The largest absolute Gasteiger partial charge is 0.357 e. The number of halogens is 1. The van der Waals surface area contributed by atoms with Crippen molar-refractivity contribution in [1.29, 1.82) is 0 Å². The van der Waals surface area contributed by atoms with Crippen LogP contribution >= 0.6 is 11.6 Å². The quantitative estimate of drug-likeness (QED) is 0.256. The minimum atomic E-state index is -0.228. The van der Waals surface area contributed by atoms with E-state index in [9.17, 15) is 4.79 Å². The Kier molecular flexibility index (Phi) is 7.48. The van der Waals surface area contributed by atoms with Gasteiger partial charge in [0.15, 0.2) is 0 Å². The van der Waals surface area contributed by atoms with Crippen molar-refractivity contribution in [3.63, 3.8) is 0 Å². The summed E-state index contributed by atoms with van der Waals surface area (Å²) in [6, 6.07) is 15.8. The zero-order valence-corrected chi connectivity index (χ0v) is 18.4. The molecule has 2 heterocycles. The Balaban J connectivity index is 1.37. The third kappa shape index (κ3) is 5.92. The molecule has 168 valence electrons. The van der Waals surface area contributed by atoms with Gasteiger partial charge in [-0.2, -0.15) is 0 Å². The second-order valence-electron chi connectivity index (χ2n) is 7.43. The Hall–Kier alpha value is -2.79. The van der Waals surface area contributed by atoms with Crippen LogP contribution in [0.5, 0.6) is 0 Å². The number of rotatable bonds is 8. The van der Waals surface area contributed by atoms with Crippen LogP contribution < -0.4 is 37.2 Å². The van der Waals surface area contributed by atoms with Gasteiger partial charge in [0.05, 0.1) is 0 Å². The molecule has 0 bridgehead atoms. The second-order valence-corrected chi connectivity index (χ2v) is 7.70. The van der Waals surface area contributed by atoms with Crippen molar-refractivity contribution in [3.05, 3.63) is 66.5 Å². The fourth-order valence-corrected chi connectivity index (χ4v) is 3.59. The molecule has 0 saturated carbocycles. The standard InChI is InChI=1S/C22H27ClN8O/c1-24-20-29-21(26-12-14-3-2-4-17(9-14)27-19(32)11-23)31-22(30-20)28-18-6-5-16-13-25-8-7-15(16)10-18/h2-10,13,20-22,24,26,28-31H,11-12H2,1H3,(H,27,32). The van der Waals surface area contributed by atoms with Crippen LogP contribution in [0.25, 0.3) is 10.8 Å².